The van der Waals surface area contributed by atoms with E-state index in [-0.39, 0.29) is 6.10 Å². The van der Waals surface area contributed by atoms with Gasteiger partial charge in [0.25, 0.3) is 0 Å². The smallest absolute Gasteiger partial charge is 0.390 e. The minimum Gasteiger partial charge on any atom is -0.390 e. The van der Waals surface area contributed by atoms with E-state index in [1.165, 1.54) is 0 Å². The molecule has 1 saturated heterocycles. The fourth-order valence-corrected chi connectivity index (χ4v) is 4.73. The second-order valence-electron chi connectivity index (χ2n) is 4.39. The molecule has 0 spiro atoms. The van der Waals surface area contributed by atoms with Crippen molar-refractivity contribution in [2.75, 3.05) is 6.61 Å². The van der Waals surface area contributed by atoms with Gasteiger partial charge in [0.15, 0.2) is 0 Å². The summed E-state index contributed by atoms with van der Waals surface area (Å²) >= 11 is 0. The number of hydrogen-bond donors (Lipinski definition) is 5. The summed E-state index contributed by atoms with van der Waals surface area (Å²) in [4.78, 5) is 34.9. The normalized spacial score (nSPS) is 31.6. The number of hydrogen-bond acceptors (Lipinski definition) is 8. The van der Waals surface area contributed by atoms with Crippen LogP contribution in [0.15, 0.2) is 0 Å². The standard InChI is InChI=1S/C7H17O12P3/c1-2-5-3-6(8)7(17-5)4-16-21(12,13)19-22(14,15)18-20(9,10)11/h5-8H,2-4H2,1H3,(H,12,13)(H,14,15)(H2,9,10,11)/t5-,6+,7+/m0/s1. The van der Waals surface area contributed by atoms with Gasteiger partial charge in [0.05, 0.1) is 18.8 Å². The molecular formula is C7H17O12P3. The van der Waals surface area contributed by atoms with Gasteiger partial charge in [-0.25, -0.2) is 13.7 Å². The summed E-state index contributed by atoms with van der Waals surface area (Å²) in [5.74, 6) is 0. The maximum Gasteiger partial charge on any atom is 0.490 e. The lowest BCUT2D eigenvalue weighted by Gasteiger charge is -2.19. The van der Waals surface area contributed by atoms with Crippen LogP contribution in [0.1, 0.15) is 19.8 Å². The zero-order chi connectivity index (χ0) is 17.2. The van der Waals surface area contributed by atoms with Crippen molar-refractivity contribution < 1.29 is 56.3 Å². The lowest BCUT2D eigenvalue weighted by atomic mass is 10.1. The van der Waals surface area contributed by atoms with Gasteiger partial charge in [-0.3, -0.25) is 4.52 Å². The summed E-state index contributed by atoms with van der Waals surface area (Å²) in [6.45, 7) is 1.17. The molecule has 2 unspecified atom stereocenters. The molecule has 15 heteroatoms. The minimum atomic E-state index is -5.53. The van der Waals surface area contributed by atoms with E-state index < -0.39 is 42.3 Å². The molecule has 0 radical (unpaired) electrons. The molecule has 0 amide bonds. The van der Waals surface area contributed by atoms with E-state index in [0.29, 0.717) is 12.8 Å². The SMILES string of the molecule is CC[C@H]1C[C@@H](O)[C@@H](COP(=O)(O)OP(=O)(O)OP(=O)(O)O)O1. The van der Waals surface area contributed by atoms with Crippen LogP contribution in [0.2, 0.25) is 0 Å². The predicted molar refractivity (Wildman–Crippen MR) is 69.4 cm³/mol. The Hall–Kier alpha value is 0.330. The van der Waals surface area contributed by atoms with Gasteiger partial charge < -0.3 is 29.4 Å². The molecule has 1 heterocycles. The van der Waals surface area contributed by atoms with Gasteiger partial charge in [-0.2, -0.15) is 8.62 Å². The van der Waals surface area contributed by atoms with Crippen molar-refractivity contribution in [3.8, 4) is 0 Å². The van der Waals surface area contributed by atoms with E-state index in [4.69, 9.17) is 19.4 Å². The van der Waals surface area contributed by atoms with Gasteiger partial charge in [-0.05, 0) is 6.42 Å². The molecular weight excluding hydrogens is 369 g/mol. The quantitative estimate of drug-likeness (QED) is 0.358. The van der Waals surface area contributed by atoms with Crippen molar-refractivity contribution >= 4 is 23.5 Å². The molecule has 1 fully saturated rings. The molecule has 1 aliphatic rings. The van der Waals surface area contributed by atoms with Crippen molar-refractivity contribution in [2.45, 2.75) is 38.1 Å². The Labute approximate surface area is 125 Å². The summed E-state index contributed by atoms with van der Waals surface area (Å²) < 4.78 is 49.7. The highest BCUT2D eigenvalue weighted by Gasteiger charge is 2.42. The first kappa shape index (κ1) is 20.4. The molecule has 0 aromatic heterocycles. The third kappa shape index (κ3) is 7.27. The zero-order valence-electron chi connectivity index (χ0n) is 11.3. The lowest BCUT2D eigenvalue weighted by molar-refractivity contribution is -0.0219. The summed E-state index contributed by atoms with van der Waals surface area (Å²) in [6, 6.07) is 0. The molecule has 132 valence electrons. The maximum atomic E-state index is 11.4. The third-order valence-electron chi connectivity index (χ3n) is 2.57. The van der Waals surface area contributed by atoms with Crippen LogP contribution in [-0.2, 0) is 31.6 Å². The first-order chi connectivity index (χ1) is 9.84. The van der Waals surface area contributed by atoms with E-state index in [1.807, 2.05) is 6.92 Å². The molecule has 5 atom stereocenters. The molecule has 0 aliphatic carbocycles. The zero-order valence-corrected chi connectivity index (χ0v) is 14.0. The number of aliphatic hydroxyl groups is 1. The van der Waals surface area contributed by atoms with Crippen molar-refractivity contribution in [3.63, 3.8) is 0 Å². The van der Waals surface area contributed by atoms with E-state index in [0.717, 1.165) is 0 Å². The van der Waals surface area contributed by atoms with Gasteiger partial charge in [0.1, 0.15) is 6.10 Å². The van der Waals surface area contributed by atoms with E-state index in [1.54, 1.807) is 0 Å². The first-order valence-electron chi connectivity index (χ1n) is 5.95. The van der Waals surface area contributed by atoms with Gasteiger partial charge in [0.2, 0.25) is 0 Å². The average Bonchev–Trinajstić information content (AvgIpc) is 2.62. The molecule has 1 aliphatic heterocycles. The monoisotopic (exact) mass is 386 g/mol. The van der Waals surface area contributed by atoms with Crippen LogP contribution in [-0.4, -0.2) is 49.6 Å². The first-order valence-corrected chi connectivity index (χ1v) is 10.5. The Morgan fingerprint density at radius 1 is 1.09 bits per heavy atom. The van der Waals surface area contributed by atoms with Crippen molar-refractivity contribution in [2.24, 2.45) is 0 Å². The van der Waals surface area contributed by atoms with E-state index >= 15 is 0 Å². The molecule has 0 aromatic carbocycles. The topological polar surface area (TPSA) is 189 Å². The second kappa shape index (κ2) is 7.48. The molecule has 5 N–H and O–H groups in total. The number of aliphatic hydroxyl groups excluding tert-OH is 1. The fraction of sp³-hybridized carbons (Fsp3) is 1.00. The number of rotatable bonds is 8. The second-order valence-corrected chi connectivity index (χ2v) is 8.81. The summed E-state index contributed by atoms with van der Waals surface area (Å²) in [5.41, 5.74) is 0. The van der Waals surface area contributed by atoms with Crippen molar-refractivity contribution in [1.82, 2.24) is 0 Å². The Bertz CT molecular complexity index is 515. The van der Waals surface area contributed by atoms with Gasteiger partial charge in [-0.15, -0.1) is 0 Å². The van der Waals surface area contributed by atoms with Crippen LogP contribution in [0.25, 0.3) is 0 Å². The minimum absolute atomic E-state index is 0.260. The molecule has 0 bridgehead atoms. The largest absolute Gasteiger partial charge is 0.490 e. The number of phosphoric acid groups is 3. The van der Waals surface area contributed by atoms with Crippen LogP contribution in [0.4, 0.5) is 0 Å². The van der Waals surface area contributed by atoms with E-state index in [9.17, 15) is 23.7 Å². The molecule has 0 saturated carbocycles. The summed E-state index contributed by atoms with van der Waals surface area (Å²) in [5, 5.41) is 9.62. The Balaban J connectivity index is 2.56. The molecule has 0 aromatic rings. The lowest BCUT2D eigenvalue weighted by Crippen LogP contribution is -2.26. The Morgan fingerprint density at radius 2 is 1.68 bits per heavy atom. The third-order valence-corrected chi connectivity index (χ3v) is 6.38. The van der Waals surface area contributed by atoms with Gasteiger partial charge >= 0.3 is 23.5 Å². The molecule has 1 rings (SSSR count). The predicted octanol–water partition coefficient (Wildman–Crippen LogP) is 0.258. The summed E-state index contributed by atoms with van der Waals surface area (Å²) in [6.07, 6.45) is -1.28. The number of phosphoric ester groups is 1. The Morgan fingerprint density at radius 3 is 2.14 bits per heavy atom. The maximum absolute atomic E-state index is 11.4. The Kier molecular flexibility index (Phi) is 6.93. The van der Waals surface area contributed by atoms with Crippen LogP contribution in [0, 0.1) is 0 Å². The number of ether oxygens (including phenoxy) is 1. The highest BCUT2D eigenvalue weighted by atomic mass is 31.3. The van der Waals surface area contributed by atoms with Crippen LogP contribution < -0.4 is 0 Å². The highest BCUT2D eigenvalue weighted by molar-refractivity contribution is 7.66. The van der Waals surface area contributed by atoms with Crippen LogP contribution >= 0.6 is 23.5 Å². The average molecular weight is 386 g/mol. The van der Waals surface area contributed by atoms with Crippen molar-refractivity contribution in [3.05, 3.63) is 0 Å². The van der Waals surface area contributed by atoms with Gasteiger partial charge in [0, 0.05) is 6.42 Å². The fourth-order valence-electron chi connectivity index (χ4n) is 1.70. The van der Waals surface area contributed by atoms with Crippen molar-refractivity contribution in [1.29, 1.82) is 0 Å². The van der Waals surface area contributed by atoms with Gasteiger partial charge in [-0.1, -0.05) is 6.92 Å². The van der Waals surface area contributed by atoms with Crippen LogP contribution in [0.5, 0.6) is 0 Å². The van der Waals surface area contributed by atoms with Crippen LogP contribution in [0.3, 0.4) is 0 Å². The molecule has 12 nitrogen and oxygen atoms in total. The highest BCUT2D eigenvalue weighted by Crippen LogP contribution is 2.66. The summed E-state index contributed by atoms with van der Waals surface area (Å²) in [7, 11) is -16.1. The molecule has 22 heavy (non-hydrogen) atoms. The van der Waals surface area contributed by atoms with E-state index in [2.05, 4.69) is 13.1 Å².